The maximum absolute atomic E-state index is 12.3. The van der Waals surface area contributed by atoms with Crippen LogP contribution in [0.25, 0.3) is 0 Å². The van der Waals surface area contributed by atoms with Crippen LogP contribution in [0.1, 0.15) is 19.3 Å². The quantitative estimate of drug-likeness (QED) is 0.723. The van der Waals surface area contributed by atoms with Gasteiger partial charge < -0.3 is 23.2 Å². The van der Waals surface area contributed by atoms with E-state index in [1.807, 2.05) is 0 Å². The topological polar surface area (TPSA) is 32.3 Å². The summed E-state index contributed by atoms with van der Waals surface area (Å²) < 4.78 is 36.8. The number of fused-ring (bicyclic) bond motifs is 1. The normalized spacial score (nSPS) is 32.1. The molecule has 2 fully saturated rings. The molecule has 2 aliphatic rings. The van der Waals surface area contributed by atoms with E-state index in [1.54, 1.807) is 0 Å². The predicted molar refractivity (Wildman–Crippen MR) is 54.8 cm³/mol. The molecule has 3 nitrogen and oxygen atoms in total. The molecule has 92 valence electrons. The van der Waals surface area contributed by atoms with Gasteiger partial charge in [-0.2, -0.15) is 0 Å². The monoisotopic (exact) mass is 235 g/mol. The van der Waals surface area contributed by atoms with Crippen molar-refractivity contribution < 1.29 is 17.7 Å². The maximum Gasteiger partial charge on any atom is 0.492 e. The number of hydrogen-bond acceptors (Lipinski definition) is 2. The lowest BCUT2D eigenvalue weighted by atomic mass is 9.82. The number of rotatable bonds is 2. The first-order valence-corrected chi connectivity index (χ1v) is 5.67. The molecular formula is C9H15BF3N2O-. The van der Waals surface area contributed by atoms with Crippen molar-refractivity contribution in [2.75, 3.05) is 19.5 Å². The molecule has 2 aliphatic heterocycles. The van der Waals surface area contributed by atoms with E-state index in [1.165, 1.54) is 4.90 Å². The second-order valence-electron chi connectivity index (χ2n) is 4.73. The Morgan fingerprint density at radius 2 is 2.12 bits per heavy atom. The highest BCUT2D eigenvalue weighted by atomic mass is 19.4. The van der Waals surface area contributed by atoms with Gasteiger partial charge >= 0.3 is 6.98 Å². The van der Waals surface area contributed by atoms with E-state index in [0.717, 1.165) is 6.42 Å². The van der Waals surface area contributed by atoms with Crippen LogP contribution in [0.15, 0.2) is 0 Å². The van der Waals surface area contributed by atoms with E-state index in [9.17, 15) is 17.7 Å². The molecule has 0 aromatic carbocycles. The molecule has 2 unspecified atom stereocenters. The van der Waals surface area contributed by atoms with Gasteiger partial charge in [-0.3, -0.25) is 4.79 Å². The van der Waals surface area contributed by atoms with Crippen LogP contribution in [-0.4, -0.2) is 43.4 Å². The lowest BCUT2D eigenvalue weighted by Gasteiger charge is -2.42. The number of nitrogens with zero attached hydrogens (tertiary/aromatic N) is 1. The molecule has 0 saturated carbocycles. The van der Waals surface area contributed by atoms with Crippen molar-refractivity contribution >= 4 is 12.9 Å². The Labute approximate surface area is 92.4 Å². The number of likely N-dealkylation sites (tertiary alicyclic amines) is 1. The van der Waals surface area contributed by atoms with Crippen LogP contribution in [0.2, 0.25) is 0 Å². The fraction of sp³-hybridized carbons (Fsp3) is 0.889. The van der Waals surface area contributed by atoms with Gasteiger partial charge in [-0.15, -0.1) is 0 Å². The van der Waals surface area contributed by atoms with Crippen molar-refractivity contribution in [1.29, 1.82) is 0 Å². The van der Waals surface area contributed by atoms with E-state index in [-0.39, 0.29) is 17.9 Å². The Kier molecular flexibility index (Phi) is 3.14. The fourth-order valence-electron chi connectivity index (χ4n) is 2.64. The SMILES string of the molecule is O=C1CCC2CN(C[B-](F)(F)F)CCC2N1. The average molecular weight is 235 g/mol. The van der Waals surface area contributed by atoms with Gasteiger partial charge in [0.1, 0.15) is 0 Å². The zero-order valence-electron chi connectivity index (χ0n) is 8.96. The van der Waals surface area contributed by atoms with Gasteiger partial charge in [-0.05, 0) is 38.3 Å². The molecule has 1 N–H and O–H groups in total. The van der Waals surface area contributed by atoms with Crippen molar-refractivity contribution in [2.45, 2.75) is 25.3 Å². The Hall–Kier alpha value is -0.715. The molecule has 0 aliphatic carbocycles. The minimum absolute atomic E-state index is 0.0368. The summed E-state index contributed by atoms with van der Waals surface area (Å²) >= 11 is 0. The Balaban J connectivity index is 1.88. The first-order chi connectivity index (χ1) is 7.44. The lowest BCUT2D eigenvalue weighted by Crippen LogP contribution is -2.55. The summed E-state index contributed by atoms with van der Waals surface area (Å²) in [5.41, 5.74) is 0. The van der Waals surface area contributed by atoms with Gasteiger partial charge in [0, 0.05) is 12.5 Å². The Morgan fingerprint density at radius 1 is 1.38 bits per heavy atom. The third-order valence-electron chi connectivity index (χ3n) is 3.37. The van der Waals surface area contributed by atoms with Crippen LogP contribution in [0.4, 0.5) is 12.9 Å². The van der Waals surface area contributed by atoms with E-state index in [2.05, 4.69) is 5.32 Å². The number of amides is 1. The smallest absolute Gasteiger partial charge is 0.448 e. The van der Waals surface area contributed by atoms with Crippen molar-refractivity contribution in [3.8, 4) is 0 Å². The number of hydrogen-bond donors (Lipinski definition) is 1. The molecule has 0 spiro atoms. The molecule has 2 saturated heterocycles. The van der Waals surface area contributed by atoms with Gasteiger partial charge in [-0.25, -0.2) is 0 Å². The largest absolute Gasteiger partial charge is 0.492 e. The van der Waals surface area contributed by atoms with Gasteiger partial charge in [-0.1, -0.05) is 0 Å². The van der Waals surface area contributed by atoms with Gasteiger partial charge in [0.25, 0.3) is 0 Å². The first kappa shape index (κ1) is 11.8. The summed E-state index contributed by atoms with van der Waals surface area (Å²) in [6, 6.07) is 0.0956. The number of piperidine rings is 2. The summed E-state index contributed by atoms with van der Waals surface area (Å²) in [4.78, 5) is 12.6. The first-order valence-electron chi connectivity index (χ1n) is 5.67. The maximum atomic E-state index is 12.3. The van der Waals surface area contributed by atoms with E-state index in [4.69, 9.17) is 0 Å². The van der Waals surface area contributed by atoms with E-state index >= 15 is 0 Å². The molecule has 0 radical (unpaired) electrons. The summed E-state index contributed by atoms with van der Waals surface area (Å²) in [6.45, 7) is -3.83. The number of carbonyl (C=O) groups excluding carboxylic acids is 1. The second kappa shape index (κ2) is 4.27. The molecule has 1 amide bonds. The van der Waals surface area contributed by atoms with Crippen molar-refractivity contribution in [3.05, 3.63) is 0 Å². The second-order valence-corrected chi connectivity index (χ2v) is 4.73. The van der Waals surface area contributed by atoms with Crippen molar-refractivity contribution in [2.24, 2.45) is 5.92 Å². The highest BCUT2D eigenvalue weighted by Gasteiger charge is 2.36. The minimum atomic E-state index is -4.73. The van der Waals surface area contributed by atoms with Crippen LogP contribution >= 0.6 is 0 Å². The van der Waals surface area contributed by atoms with Crippen LogP contribution < -0.4 is 5.32 Å². The summed E-state index contributed by atoms with van der Waals surface area (Å²) in [6.07, 6.45) is 1.05. The van der Waals surface area contributed by atoms with Gasteiger partial charge in [0.05, 0.1) is 0 Å². The van der Waals surface area contributed by atoms with Crippen molar-refractivity contribution in [1.82, 2.24) is 10.2 Å². The average Bonchev–Trinajstić information content (AvgIpc) is 2.16. The summed E-state index contributed by atoms with van der Waals surface area (Å²) in [5.74, 6) is 0.236. The van der Waals surface area contributed by atoms with E-state index < -0.39 is 13.4 Å². The molecule has 2 heterocycles. The molecule has 7 heteroatoms. The Bertz CT molecular complexity index is 284. The molecular weight excluding hydrogens is 220 g/mol. The zero-order valence-corrected chi connectivity index (χ0v) is 8.96. The van der Waals surface area contributed by atoms with Crippen LogP contribution in [-0.2, 0) is 4.79 Å². The minimum Gasteiger partial charge on any atom is -0.448 e. The predicted octanol–water partition coefficient (Wildman–Crippen LogP) is 0.974. The molecule has 0 bridgehead atoms. The third kappa shape index (κ3) is 2.90. The van der Waals surface area contributed by atoms with Gasteiger partial charge in [0.15, 0.2) is 0 Å². The zero-order chi connectivity index (χ0) is 11.8. The molecule has 2 rings (SSSR count). The summed E-state index contributed by atoms with van der Waals surface area (Å²) in [7, 11) is 0. The Morgan fingerprint density at radius 3 is 2.81 bits per heavy atom. The fourth-order valence-corrected chi connectivity index (χ4v) is 2.64. The van der Waals surface area contributed by atoms with Crippen LogP contribution in [0.5, 0.6) is 0 Å². The highest BCUT2D eigenvalue weighted by Crippen LogP contribution is 2.26. The van der Waals surface area contributed by atoms with Gasteiger partial charge in [0.2, 0.25) is 5.91 Å². The third-order valence-corrected chi connectivity index (χ3v) is 3.37. The number of nitrogens with one attached hydrogen (secondary N) is 1. The van der Waals surface area contributed by atoms with E-state index in [0.29, 0.717) is 25.9 Å². The number of halogens is 3. The summed E-state index contributed by atoms with van der Waals surface area (Å²) in [5, 5.41) is 2.86. The number of carbonyl (C=O) groups is 1. The molecule has 16 heavy (non-hydrogen) atoms. The van der Waals surface area contributed by atoms with Crippen molar-refractivity contribution in [3.63, 3.8) is 0 Å². The molecule has 0 aromatic rings. The van der Waals surface area contributed by atoms with Crippen LogP contribution in [0, 0.1) is 5.92 Å². The lowest BCUT2D eigenvalue weighted by molar-refractivity contribution is -0.125. The molecule has 2 atom stereocenters. The standard InChI is InChI=1S/C9H15BF3N2O/c11-10(12,13)6-15-4-3-8-7(5-15)1-2-9(16)14-8/h7-8H,1-6H2,(H,14,16)/q-1. The highest BCUT2D eigenvalue weighted by molar-refractivity contribution is 6.58. The van der Waals surface area contributed by atoms with Crippen LogP contribution in [0.3, 0.4) is 0 Å². The molecule has 0 aromatic heterocycles.